The van der Waals surface area contributed by atoms with E-state index >= 15 is 0 Å². The highest BCUT2D eigenvalue weighted by molar-refractivity contribution is 5.23. The Balaban J connectivity index is 2.12. The first-order chi connectivity index (χ1) is 9.24. The lowest BCUT2D eigenvalue weighted by molar-refractivity contribution is 0.632. The fourth-order valence-electron chi connectivity index (χ4n) is 2.01. The Morgan fingerprint density at radius 1 is 1.26 bits per heavy atom. The van der Waals surface area contributed by atoms with Crippen LogP contribution in [0, 0.1) is 18.3 Å². The molecule has 5 heteroatoms. The predicted molar refractivity (Wildman–Crippen MR) is 72.1 cm³/mol. The maximum Gasteiger partial charge on any atom is 0.130 e. The highest BCUT2D eigenvalue weighted by atomic mass is 15.4. The van der Waals surface area contributed by atoms with Gasteiger partial charge in [0.1, 0.15) is 6.54 Å². The van der Waals surface area contributed by atoms with Crippen molar-refractivity contribution in [2.45, 2.75) is 32.9 Å². The first-order valence-electron chi connectivity index (χ1n) is 6.28. The maximum atomic E-state index is 8.77. The van der Waals surface area contributed by atoms with Crippen molar-refractivity contribution in [1.82, 2.24) is 15.0 Å². The van der Waals surface area contributed by atoms with Crippen LogP contribution in [0.4, 0.5) is 0 Å². The van der Waals surface area contributed by atoms with Crippen LogP contribution >= 0.6 is 0 Å². The molecule has 98 valence electrons. The summed E-state index contributed by atoms with van der Waals surface area (Å²) in [5.41, 5.74) is 9.91. The summed E-state index contributed by atoms with van der Waals surface area (Å²) in [5, 5.41) is 16.8. The van der Waals surface area contributed by atoms with E-state index < -0.39 is 0 Å². The standard InChI is InChI=1S/C14H17N5/c1-11-2-4-12(5-3-11)6-7-14-13(10-16)17-18-19(14)9-8-15/h2-5H,6-7,9-10,16H2,1H3. The number of aromatic nitrogens is 3. The summed E-state index contributed by atoms with van der Waals surface area (Å²) in [6.45, 7) is 2.65. The molecule has 0 fully saturated rings. The molecule has 0 atom stereocenters. The minimum absolute atomic E-state index is 0.218. The number of nitrogens with two attached hydrogens (primary N) is 1. The molecule has 19 heavy (non-hydrogen) atoms. The Morgan fingerprint density at radius 3 is 2.63 bits per heavy atom. The van der Waals surface area contributed by atoms with Crippen LogP contribution in [0.2, 0.25) is 0 Å². The third kappa shape index (κ3) is 3.18. The van der Waals surface area contributed by atoms with Gasteiger partial charge in [0.15, 0.2) is 0 Å². The molecule has 0 saturated heterocycles. The molecule has 0 aliphatic rings. The molecular weight excluding hydrogens is 238 g/mol. The molecule has 0 aliphatic heterocycles. The fourth-order valence-corrected chi connectivity index (χ4v) is 2.01. The zero-order valence-corrected chi connectivity index (χ0v) is 11.0. The summed E-state index contributed by atoms with van der Waals surface area (Å²) in [6, 6.07) is 10.5. The Hall–Kier alpha value is -2.19. The van der Waals surface area contributed by atoms with Crippen LogP contribution in [0.1, 0.15) is 22.5 Å². The lowest BCUT2D eigenvalue weighted by atomic mass is 10.1. The van der Waals surface area contributed by atoms with E-state index in [9.17, 15) is 0 Å². The predicted octanol–water partition coefficient (Wildman–Crippen LogP) is 1.35. The Labute approximate surface area is 112 Å². The first kappa shape index (κ1) is 13.2. The summed E-state index contributed by atoms with van der Waals surface area (Å²) in [4.78, 5) is 0. The number of benzene rings is 1. The van der Waals surface area contributed by atoms with Gasteiger partial charge in [0.05, 0.1) is 17.5 Å². The van der Waals surface area contributed by atoms with Crippen LogP contribution in [0.3, 0.4) is 0 Å². The lowest BCUT2D eigenvalue weighted by Gasteiger charge is -2.05. The van der Waals surface area contributed by atoms with E-state index in [1.807, 2.05) is 0 Å². The largest absolute Gasteiger partial charge is 0.325 e. The second-order valence-corrected chi connectivity index (χ2v) is 4.49. The van der Waals surface area contributed by atoms with Gasteiger partial charge < -0.3 is 5.73 Å². The lowest BCUT2D eigenvalue weighted by Crippen LogP contribution is -2.08. The molecule has 5 nitrogen and oxygen atoms in total. The molecule has 1 aromatic heterocycles. The molecule has 1 heterocycles. The molecule has 0 radical (unpaired) electrons. The molecule has 2 rings (SSSR count). The minimum Gasteiger partial charge on any atom is -0.325 e. The van der Waals surface area contributed by atoms with E-state index in [-0.39, 0.29) is 6.54 Å². The van der Waals surface area contributed by atoms with Crippen molar-refractivity contribution in [1.29, 1.82) is 5.26 Å². The van der Waals surface area contributed by atoms with E-state index in [1.54, 1.807) is 4.68 Å². The molecule has 0 saturated carbocycles. The highest BCUT2D eigenvalue weighted by Gasteiger charge is 2.11. The second kappa shape index (κ2) is 6.12. The minimum atomic E-state index is 0.218. The summed E-state index contributed by atoms with van der Waals surface area (Å²) >= 11 is 0. The summed E-state index contributed by atoms with van der Waals surface area (Å²) in [5.74, 6) is 0. The third-order valence-electron chi connectivity index (χ3n) is 3.10. The Kier molecular flexibility index (Phi) is 4.26. The number of hydrogen-bond donors (Lipinski definition) is 1. The zero-order valence-electron chi connectivity index (χ0n) is 11.0. The highest BCUT2D eigenvalue weighted by Crippen LogP contribution is 2.11. The SMILES string of the molecule is Cc1ccc(CCc2c(CN)nnn2CC#N)cc1. The maximum absolute atomic E-state index is 8.77. The number of rotatable bonds is 5. The molecule has 0 unspecified atom stereocenters. The van der Waals surface area contributed by atoms with Crippen LogP contribution < -0.4 is 5.73 Å². The van der Waals surface area contributed by atoms with Gasteiger partial charge in [0, 0.05) is 6.54 Å². The second-order valence-electron chi connectivity index (χ2n) is 4.49. The third-order valence-corrected chi connectivity index (χ3v) is 3.10. The van der Waals surface area contributed by atoms with Crippen LogP contribution in [-0.2, 0) is 25.9 Å². The molecule has 1 aromatic carbocycles. The van der Waals surface area contributed by atoms with Crippen molar-refractivity contribution in [2.75, 3.05) is 0 Å². The van der Waals surface area contributed by atoms with Crippen molar-refractivity contribution in [3.8, 4) is 6.07 Å². The quantitative estimate of drug-likeness (QED) is 0.874. The van der Waals surface area contributed by atoms with E-state index in [4.69, 9.17) is 11.0 Å². The topological polar surface area (TPSA) is 80.5 Å². The first-order valence-corrected chi connectivity index (χ1v) is 6.28. The normalized spacial score (nSPS) is 10.4. The molecular formula is C14H17N5. The average Bonchev–Trinajstić information content (AvgIpc) is 2.81. The molecule has 0 spiro atoms. The van der Waals surface area contributed by atoms with E-state index in [1.165, 1.54) is 11.1 Å². The van der Waals surface area contributed by atoms with Gasteiger partial charge in [-0.2, -0.15) is 5.26 Å². The van der Waals surface area contributed by atoms with Gasteiger partial charge in [0.25, 0.3) is 0 Å². The monoisotopic (exact) mass is 255 g/mol. The van der Waals surface area contributed by atoms with Crippen molar-refractivity contribution in [3.63, 3.8) is 0 Å². The Morgan fingerprint density at radius 2 is 2.00 bits per heavy atom. The summed E-state index contributed by atoms with van der Waals surface area (Å²) < 4.78 is 1.64. The van der Waals surface area contributed by atoms with Crippen LogP contribution in [-0.4, -0.2) is 15.0 Å². The molecule has 0 amide bonds. The number of nitrogens with zero attached hydrogens (tertiary/aromatic N) is 4. The summed E-state index contributed by atoms with van der Waals surface area (Å²) in [6.07, 6.45) is 1.69. The van der Waals surface area contributed by atoms with Gasteiger partial charge >= 0.3 is 0 Å². The average molecular weight is 255 g/mol. The Bertz CT molecular complexity index is 577. The molecule has 0 bridgehead atoms. The van der Waals surface area contributed by atoms with Crippen molar-refractivity contribution >= 4 is 0 Å². The van der Waals surface area contributed by atoms with Gasteiger partial charge in [-0.25, -0.2) is 4.68 Å². The van der Waals surface area contributed by atoms with E-state index in [0.29, 0.717) is 6.54 Å². The number of aryl methyl sites for hydroxylation is 2. The van der Waals surface area contributed by atoms with Gasteiger partial charge in [-0.3, -0.25) is 0 Å². The van der Waals surface area contributed by atoms with Gasteiger partial charge in [-0.15, -0.1) is 5.10 Å². The molecule has 2 N–H and O–H groups in total. The van der Waals surface area contributed by atoms with Gasteiger partial charge in [0.2, 0.25) is 0 Å². The van der Waals surface area contributed by atoms with Gasteiger partial charge in [-0.05, 0) is 25.3 Å². The van der Waals surface area contributed by atoms with E-state index in [0.717, 1.165) is 24.2 Å². The van der Waals surface area contributed by atoms with Crippen molar-refractivity contribution in [3.05, 3.63) is 46.8 Å². The van der Waals surface area contributed by atoms with Crippen LogP contribution in [0.5, 0.6) is 0 Å². The fraction of sp³-hybridized carbons (Fsp3) is 0.357. The number of hydrogen-bond acceptors (Lipinski definition) is 4. The number of nitriles is 1. The van der Waals surface area contributed by atoms with Crippen molar-refractivity contribution < 1.29 is 0 Å². The van der Waals surface area contributed by atoms with Crippen LogP contribution in [0.15, 0.2) is 24.3 Å². The van der Waals surface area contributed by atoms with E-state index in [2.05, 4.69) is 47.6 Å². The molecule has 2 aromatic rings. The molecule has 0 aliphatic carbocycles. The van der Waals surface area contributed by atoms with Gasteiger partial charge in [-0.1, -0.05) is 35.0 Å². The summed E-state index contributed by atoms with van der Waals surface area (Å²) in [7, 11) is 0. The van der Waals surface area contributed by atoms with Crippen LogP contribution in [0.25, 0.3) is 0 Å². The smallest absolute Gasteiger partial charge is 0.130 e. The zero-order chi connectivity index (χ0) is 13.7. The van der Waals surface area contributed by atoms with Crippen molar-refractivity contribution in [2.24, 2.45) is 5.73 Å².